The third-order valence-electron chi connectivity index (χ3n) is 3.52. The van der Waals surface area contributed by atoms with Gasteiger partial charge in [0.05, 0.1) is 0 Å². The smallest absolute Gasteiger partial charge is 0.224 e. The number of aromatic amines is 1. The number of rotatable bonds is 7. The Hall–Kier alpha value is -2.51. The first kappa shape index (κ1) is 19.8. The maximum absolute atomic E-state index is 11.4. The minimum absolute atomic E-state index is 0.00568. The van der Waals surface area contributed by atoms with E-state index in [1.165, 1.54) is 17.7 Å². The van der Waals surface area contributed by atoms with Crippen LogP contribution in [-0.2, 0) is 11.3 Å². The van der Waals surface area contributed by atoms with E-state index in [0.717, 1.165) is 22.4 Å². The number of nitrogens with one attached hydrogen (secondary N) is 4. The Morgan fingerprint density at radius 3 is 2.81 bits per heavy atom. The van der Waals surface area contributed by atoms with Gasteiger partial charge in [-0.3, -0.25) is 4.79 Å². The highest BCUT2D eigenvalue weighted by Crippen LogP contribution is 2.19. The number of nitrogens with zero attached hydrogens (tertiary/aromatic N) is 1. The Morgan fingerprint density at radius 2 is 2.00 bits per heavy atom. The molecule has 0 saturated carbocycles. The van der Waals surface area contributed by atoms with Crippen molar-refractivity contribution in [2.75, 3.05) is 10.0 Å². The number of anilines is 2. The third kappa shape index (κ3) is 5.50. The fourth-order valence-corrected chi connectivity index (χ4v) is 2.84. The van der Waals surface area contributed by atoms with E-state index in [9.17, 15) is 4.79 Å². The summed E-state index contributed by atoms with van der Waals surface area (Å²) in [5.41, 5.74) is 3.78. The monoisotopic (exact) mass is 371 g/mol. The summed E-state index contributed by atoms with van der Waals surface area (Å²) >= 11 is 1.40. The molecule has 3 aromatic rings. The van der Waals surface area contributed by atoms with Gasteiger partial charge >= 0.3 is 0 Å². The molecule has 0 unspecified atom stereocenters. The molecule has 0 atom stereocenters. The van der Waals surface area contributed by atoms with Gasteiger partial charge in [-0.05, 0) is 35.9 Å². The van der Waals surface area contributed by atoms with E-state index in [-0.39, 0.29) is 5.91 Å². The average molecular weight is 372 g/mol. The van der Waals surface area contributed by atoms with Crippen LogP contribution in [0.3, 0.4) is 0 Å². The molecule has 0 bridgehead atoms. The Bertz CT molecular complexity index is 833. The molecule has 138 valence electrons. The van der Waals surface area contributed by atoms with Crippen LogP contribution >= 0.6 is 12.1 Å². The molecule has 0 aliphatic heterocycles. The molecule has 0 aliphatic carbocycles. The number of hydrogen-bond acceptors (Lipinski definition) is 5. The molecule has 7 heteroatoms. The molecule has 0 saturated heterocycles. The predicted molar refractivity (Wildman–Crippen MR) is 111 cm³/mol. The minimum Gasteiger partial charge on any atom is -0.346 e. The van der Waals surface area contributed by atoms with Crippen LogP contribution in [0.15, 0.2) is 48.8 Å². The molecule has 4 N–H and O–H groups in total. The average Bonchev–Trinajstić information content (AvgIpc) is 3.16. The zero-order chi connectivity index (χ0) is 18.8. The molecule has 1 amide bonds. The van der Waals surface area contributed by atoms with Crippen molar-refractivity contribution in [3.63, 3.8) is 0 Å². The molecule has 0 spiro atoms. The molecule has 2 aromatic heterocycles. The molecule has 6 nitrogen and oxygen atoms in total. The van der Waals surface area contributed by atoms with Gasteiger partial charge in [0.1, 0.15) is 5.65 Å². The van der Waals surface area contributed by atoms with Crippen LogP contribution < -0.4 is 14.8 Å². The topological polar surface area (TPSA) is 81.8 Å². The SMILES string of the molecule is CC.CCC(=O)Nc1cccc(NSNCc2ccnc3[nH]ccc23)c1. The van der Waals surface area contributed by atoms with Gasteiger partial charge in [0.2, 0.25) is 5.91 Å². The van der Waals surface area contributed by atoms with Crippen LogP contribution in [0.1, 0.15) is 32.8 Å². The molecule has 26 heavy (non-hydrogen) atoms. The minimum atomic E-state index is 0.00568. The Labute approximate surface area is 158 Å². The van der Waals surface area contributed by atoms with E-state index < -0.39 is 0 Å². The summed E-state index contributed by atoms with van der Waals surface area (Å²) in [6.07, 6.45) is 4.16. The molecule has 2 heterocycles. The van der Waals surface area contributed by atoms with Crippen molar-refractivity contribution >= 4 is 40.4 Å². The van der Waals surface area contributed by atoms with Crippen molar-refractivity contribution in [1.82, 2.24) is 14.7 Å². The van der Waals surface area contributed by atoms with Crippen molar-refractivity contribution in [3.05, 3.63) is 54.4 Å². The highest BCUT2D eigenvalue weighted by atomic mass is 32.2. The molecule has 0 radical (unpaired) electrons. The zero-order valence-corrected chi connectivity index (χ0v) is 16.1. The summed E-state index contributed by atoms with van der Waals surface area (Å²) in [4.78, 5) is 18.8. The highest BCUT2D eigenvalue weighted by molar-refractivity contribution is 7.98. The molecular weight excluding hydrogens is 346 g/mol. The lowest BCUT2D eigenvalue weighted by Crippen LogP contribution is -2.10. The van der Waals surface area contributed by atoms with E-state index in [2.05, 4.69) is 24.7 Å². The van der Waals surface area contributed by atoms with Gasteiger partial charge in [0.25, 0.3) is 0 Å². The summed E-state index contributed by atoms with van der Waals surface area (Å²) in [6, 6.07) is 11.7. The lowest BCUT2D eigenvalue weighted by molar-refractivity contribution is -0.115. The van der Waals surface area contributed by atoms with E-state index in [1.807, 2.05) is 63.4 Å². The van der Waals surface area contributed by atoms with Crippen LogP contribution in [0.4, 0.5) is 11.4 Å². The summed E-state index contributed by atoms with van der Waals surface area (Å²) in [6.45, 7) is 6.54. The fourth-order valence-electron chi connectivity index (χ4n) is 2.29. The zero-order valence-electron chi connectivity index (χ0n) is 15.3. The summed E-state index contributed by atoms with van der Waals surface area (Å²) in [5, 5.41) is 3.97. The highest BCUT2D eigenvalue weighted by Gasteiger charge is 2.03. The van der Waals surface area contributed by atoms with Crippen LogP contribution in [-0.4, -0.2) is 15.9 Å². The first-order chi connectivity index (χ1) is 12.8. The van der Waals surface area contributed by atoms with E-state index in [4.69, 9.17) is 0 Å². The molecular formula is C19H25N5OS. The number of pyridine rings is 1. The van der Waals surface area contributed by atoms with Crippen LogP contribution in [0, 0.1) is 0 Å². The summed E-state index contributed by atoms with van der Waals surface area (Å²) < 4.78 is 6.50. The molecule has 0 fully saturated rings. The van der Waals surface area contributed by atoms with Crippen LogP contribution in [0.2, 0.25) is 0 Å². The lowest BCUT2D eigenvalue weighted by atomic mass is 10.2. The Morgan fingerprint density at radius 1 is 1.19 bits per heavy atom. The Balaban J connectivity index is 0.00000117. The normalized spacial score (nSPS) is 10.1. The van der Waals surface area contributed by atoms with Gasteiger partial charge in [-0.25, -0.2) is 9.71 Å². The van der Waals surface area contributed by atoms with E-state index >= 15 is 0 Å². The summed E-state index contributed by atoms with van der Waals surface area (Å²) in [7, 11) is 0. The van der Waals surface area contributed by atoms with Crippen molar-refractivity contribution in [2.45, 2.75) is 33.7 Å². The van der Waals surface area contributed by atoms with Gasteiger partial charge in [-0.1, -0.05) is 26.8 Å². The van der Waals surface area contributed by atoms with Gasteiger partial charge < -0.3 is 15.0 Å². The first-order valence-corrected chi connectivity index (χ1v) is 9.53. The quantitative estimate of drug-likeness (QED) is 0.357. The van der Waals surface area contributed by atoms with Crippen LogP contribution in [0.5, 0.6) is 0 Å². The maximum atomic E-state index is 11.4. The van der Waals surface area contributed by atoms with Crippen LogP contribution in [0.25, 0.3) is 11.0 Å². The second-order valence-corrected chi connectivity index (χ2v) is 5.91. The van der Waals surface area contributed by atoms with Gasteiger partial charge in [0, 0.05) is 54.3 Å². The van der Waals surface area contributed by atoms with Crippen molar-refractivity contribution in [3.8, 4) is 0 Å². The number of carbonyl (C=O) groups is 1. The van der Waals surface area contributed by atoms with Gasteiger partial charge in [-0.2, -0.15) is 0 Å². The van der Waals surface area contributed by atoms with Crippen molar-refractivity contribution < 1.29 is 4.79 Å². The largest absolute Gasteiger partial charge is 0.346 e. The maximum Gasteiger partial charge on any atom is 0.224 e. The first-order valence-electron chi connectivity index (χ1n) is 8.72. The molecule has 0 aliphatic rings. The van der Waals surface area contributed by atoms with Gasteiger partial charge in [-0.15, -0.1) is 0 Å². The number of aromatic nitrogens is 2. The number of carbonyl (C=O) groups excluding carboxylic acids is 1. The second kappa shape index (κ2) is 10.5. The lowest BCUT2D eigenvalue weighted by Gasteiger charge is -2.09. The number of fused-ring (bicyclic) bond motifs is 1. The number of H-pyrrole nitrogens is 1. The van der Waals surface area contributed by atoms with Crippen molar-refractivity contribution in [2.24, 2.45) is 0 Å². The van der Waals surface area contributed by atoms with E-state index in [0.29, 0.717) is 13.0 Å². The number of amides is 1. The standard InChI is InChI=1S/C17H19N5OS.C2H6/c1-2-16(23)21-13-4-3-5-14(10-13)22-24-20-11-12-6-8-18-17-15(12)7-9-19-17;1-2/h3-10,20,22H,2,11H2,1H3,(H,18,19)(H,21,23);1-2H3. The van der Waals surface area contributed by atoms with Gasteiger partial charge in [0.15, 0.2) is 0 Å². The fraction of sp³-hybridized carbons (Fsp3) is 0.263. The predicted octanol–water partition coefficient (Wildman–Crippen LogP) is 4.70. The molecule has 3 rings (SSSR count). The van der Waals surface area contributed by atoms with Crippen molar-refractivity contribution in [1.29, 1.82) is 0 Å². The number of hydrogen-bond donors (Lipinski definition) is 4. The van der Waals surface area contributed by atoms with E-state index in [1.54, 1.807) is 6.20 Å². The number of benzene rings is 1. The Kier molecular flexibility index (Phi) is 7.98. The molecule has 1 aromatic carbocycles. The summed E-state index contributed by atoms with van der Waals surface area (Å²) in [5.74, 6) is 0.00568. The third-order valence-corrected chi connectivity index (χ3v) is 4.15. The second-order valence-electron chi connectivity index (χ2n) is 5.22.